The highest BCUT2D eigenvalue weighted by Crippen LogP contribution is 2.28. The quantitative estimate of drug-likeness (QED) is 0.612. The van der Waals surface area contributed by atoms with Crippen molar-refractivity contribution in [1.29, 1.82) is 0 Å². The van der Waals surface area contributed by atoms with Gasteiger partial charge in [-0.2, -0.15) is 0 Å². The first-order valence-corrected chi connectivity index (χ1v) is 10.4. The van der Waals surface area contributed by atoms with Crippen LogP contribution >= 0.6 is 0 Å². The van der Waals surface area contributed by atoms with Crippen molar-refractivity contribution in [3.63, 3.8) is 0 Å². The number of hydrogen-bond donors (Lipinski definition) is 3. The van der Waals surface area contributed by atoms with Gasteiger partial charge in [-0.25, -0.2) is 13.1 Å². The van der Waals surface area contributed by atoms with Crippen LogP contribution in [-0.4, -0.2) is 30.6 Å². The average Bonchev–Trinajstić information content (AvgIpc) is 3.00. The minimum Gasteiger partial charge on any atom is -0.481 e. The van der Waals surface area contributed by atoms with Crippen LogP contribution in [0.4, 0.5) is 11.6 Å². The van der Waals surface area contributed by atoms with E-state index in [-0.39, 0.29) is 10.8 Å². The zero-order valence-corrected chi connectivity index (χ0v) is 16.7. The van der Waals surface area contributed by atoms with Crippen molar-refractivity contribution >= 4 is 33.5 Å². The Morgan fingerprint density at radius 3 is 2.28 bits per heavy atom. The van der Waals surface area contributed by atoms with Crippen molar-refractivity contribution in [3.05, 3.63) is 47.7 Å². The summed E-state index contributed by atoms with van der Waals surface area (Å²) in [5.74, 6) is -2.84. The number of nitrogens with one attached hydrogen (secondary N) is 2. The summed E-state index contributed by atoms with van der Waals surface area (Å²) in [6.45, 7) is 3.39. The summed E-state index contributed by atoms with van der Waals surface area (Å²) in [4.78, 5) is 23.8. The molecule has 1 aliphatic carbocycles. The van der Waals surface area contributed by atoms with Gasteiger partial charge in [0.15, 0.2) is 0 Å². The van der Waals surface area contributed by atoms with E-state index in [0.29, 0.717) is 29.8 Å². The van der Waals surface area contributed by atoms with Gasteiger partial charge in [-0.05, 0) is 51.0 Å². The molecule has 0 radical (unpaired) electrons. The number of allylic oxidation sites excluding steroid dienone is 2. The fraction of sp³-hybridized carbons (Fsp3) is 0.316. The molecule has 3 N–H and O–H groups in total. The Morgan fingerprint density at radius 1 is 1.10 bits per heavy atom. The SMILES string of the molecule is Cc1noc(NS(=O)(=O)c2ccc(NC(=O)[C@H]3CC=CC[C@H]3C(=O)O)cc2)c1C. The van der Waals surface area contributed by atoms with Gasteiger partial charge >= 0.3 is 5.97 Å². The van der Waals surface area contributed by atoms with E-state index < -0.39 is 33.7 Å². The third-order valence-corrected chi connectivity index (χ3v) is 6.25. The van der Waals surface area contributed by atoms with Gasteiger partial charge in [-0.1, -0.05) is 17.3 Å². The fourth-order valence-electron chi connectivity index (χ4n) is 3.02. The first kappa shape index (κ1) is 20.6. The van der Waals surface area contributed by atoms with E-state index in [2.05, 4.69) is 15.2 Å². The van der Waals surface area contributed by atoms with E-state index in [1.807, 2.05) is 0 Å². The van der Waals surface area contributed by atoms with Crippen molar-refractivity contribution < 1.29 is 27.6 Å². The van der Waals surface area contributed by atoms with Gasteiger partial charge in [-0.15, -0.1) is 0 Å². The monoisotopic (exact) mass is 419 g/mol. The molecule has 154 valence electrons. The number of carboxylic acids is 1. The van der Waals surface area contributed by atoms with E-state index in [0.717, 1.165) is 0 Å². The van der Waals surface area contributed by atoms with E-state index >= 15 is 0 Å². The number of aliphatic carboxylic acids is 1. The highest BCUT2D eigenvalue weighted by molar-refractivity contribution is 7.92. The Labute approximate surface area is 167 Å². The van der Waals surface area contributed by atoms with Crippen molar-refractivity contribution in [2.24, 2.45) is 11.8 Å². The van der Waals surface area contributed by atoms with Gasteiger partial charge in [0.25, 0.3) is 10.0 Å². The Bertz CT molecular complexity index is 1060. The van der Waals surface area contributed by atoms with Gasteiger partial charge < -0.3 is 14.9 Å². The summed E-state index contributed by atoms with van der Waals surface area (Å²) in [6.07, 6.45) is 4.19. The molecule has 9 nitrogen and oxygen atoms in total. The van der Waals surface area contributed by atoms with E-state index in [9.17, 15) is 23.1 Å². The lowest BCUT2D eigenvalue weighted by molar-refractivity contribution is -0.146. The zero-order valence-electron chi connectivity index (χ0n) is 15.9. The lowest BCUT2D eigenvalue weighted by Crippen LogP contribution is -2.34. The number of anilines is 2. The second-order valence-electron chi connectivity index (χ2n) is 6.84. The van der Waals surface area contributed by atoms with Gasteiger partial charge in [0, 0.05) is 11.3 Å². The maximum absolute atomic E-state index is 12.5. The molecule has 1 amide bonds. The number of carbonyl (C=O) groups excluding carboxylic acids is 1. The number of carbonyl (C=O) groups is 2. The lowest BCUT2D eigenvalue weighted by Gasteiger charge is -2.24. The number of hydrogen-bond acceptors (Lipinski definition) is 6. The Kier molecular flexibility index (Phi) is 5.73. The molecule has 0 bridgehead atoms. The third-order valence-electron chi connectivity index (χ3n) is 4.90. The number of sulfonamides is 1. The molecule has 0 saturated carbocycles. The number of amides is 1. The molecule has 0 unspecified atom stereocenters. The molecular weight excluding hydrogens is 398 g/mol. The molecule has 0 fully saturated rings. The van der Waals surface area contributed by atoms with Crippen LogP contribution in [0.5, 0.6) is 0 Å². The molecular formula is C19H21N3O6S. The van der Waals surface area contributed by atoms with Gasteiger partial charge in [-0.3, -0.25) is 9.59 Å². The summed E-state index contributed by atoms with van der Waals surface area (Å²) in [6, 6.07) is 5.57. The summed E-state index contributed by atoms with van der Waals surface area (Å²) < 4.78 is 32.3. The minimum absolute atomic E-state index is 0.0204. The van der Waals surface area contributed by atoms with Crippen LogP contribution in [0.25, 0.3) is 0 Å². The van der Waals surface area contributed by atoms with Crippen LogP contribution in [0.15, 0.2) is 45.8 Å². The number of carboxylic acid groups (broad SMARTS) is 1. The molecule has 0 aliphatic heterocycles. The summed E-state index contributed by atoms with van der Waals surface area (Å²) in [5, 5.41) is 15.7. The predicted octanol–water partition coefficient (Wildman–Crippen LogP) is 2.70. The molecule has 0 spiro atoms. The van der Waals surface area contributed by atoms with Gasteiger partial charge in [0.05, 0.1) is 22.4 Å². The highest BCUT2D eigenvalue weighted by Gasteiger charge is 2.34. The molecule has 1 aromatic heterocycles. The molecule has 2 aromatic rings. The molecule has 10 heteroatoms. The predicted molar refractivity (Wildman–Crippen MR) is 105 cm³/mol. The number of aromatic nitrogens is 1. The highest BCUT2D eigenvalue weighted by atomic mass is 32.2. The molecule has 3 rings (SSSR count). The minimum atomic E-state index is -3.89. The number of aryl methyl sites for hydroxylation is 1. The average molecular weight is 419 g/mol. The Hall–Kier alpha value is -3.14. The van der Waals surface area contributed by atoms with Crippen LogP contribution in [0.2, 0.25) is 0 Å². The number of nitrogens with zero attached hydrogens (tertiary/aromatic N) is 1. The van der Waals surface area contributed by atoms with E-state index in [4.69, 9.17) is 4.52 Å². The van der Waals surface area contributed by atoms with Gasteiger partial charge in [0.2, 0.25) is 11.8 Å². The lowest BCUT2D eigenvalue weighted by atomic mass is 9.82. The maximum Gasteiger partial charge on any atom is 0.307 e. The van der Waals surface area contributed by atoms with E-state index in [1.54, 1.807) is 26.0 Å². The smallest absolute Gasteiger partial charge is 0.307 e. The Balaban J connectivity index is 1.71. The van der Waals surface area contributed by atoms with Crippen LogP contribution in [-0.2, 0) is 19.6 Å². The van der Waals surface area contributed by atoms with Gasteiger partial charge in [0.1, 0.15) is 0 Å². The molecule has 1 heterocycles. The van der Waals surface area contributed by atoms with Crippen LogP contribution in [0.1, 0.15) is 24.1 Å². The maximum atomic E-state index is 12.5. The topological polar surface area (TPSA) is 139 Å². The zero-order chi connectivity index (χ0) is 21.2. The first-order chi connectivity index (χ1) is 13.7. The molecule has 1 aromatic carbocycles. The third kappa shape index (κ3) is 4.48. The van der Waals surface area contributed by atoms with Crippen molar-refractivity contribution in [1.82, 2.24) is 5.16 Å². The van der Waals surface area contributed by atoms with Crippen molar-refractivity contribution in [2.75, 3.05) is 10.0 Å². The second-order valence-corrected chi connectivity index (χ2v) is 8.52. The summed E-state index contributed by atoms with van der Waals surface area (Å²) in [7, 11) is -3.89. The standard InChI is InChI=1S/C19H21N3O6S/c1-11-12(2)21-28-18(11)22-29(26,27)14-9-7-13(8-10-14)20-17(23)15-5-3-4-6-16(15)19(24)25/h3-4,7-10,15-16,22H,5-6H2,1-2H3,(H,20,23)(H,24,25)/t15-,16+/m0/s1. The number of benzene rings is 1. The number of rotatable bonds is 6. The van der Waals surface area contributed by atoms with E-state index in [1.165, 1.54) is 24.3 Å². The normalized spacial score (nSPS) is 19.0. The summed E-state index contributed by atoms with van der Waals surface area (Å²) in [5.41, 5.74) is 1.55. The molecule has 29 heavy (non-hydrogen) atoms. The fourth-order valence-corrected chi connectivity index (χ4v) is 4.07. The van der Waals surface area contributed by atoms with Crippen LogP contribution < -0.4 is 10.0 Å². The largest absolute Gasteiger partial charge is 0.481 e. The first-order valence-electron chi connectivity index (χ1n) is 8.93. The van der Waals surface area contributed by atoms with Crippen LogP contribution in [0, 0.1) is 25.7 Å². The summed E-state index contributed by atoms with van der Waals surface area (Å²) >= 11 is 0. The van der Waals surface area contributed by atoms with Crippen molar-refractivity contribution in [2.45, 2.75) is 31.6 Å². The molecule has 0 saturated heterocycles. The Morgan fingerprint density at radius 2 is 1.72 bits per heavy atom. The van der Waals surface area contributed by atoms with Crippen molar-refractivity contribution in [3.8, 4) is 0 Å². The molecule has 1 aliphatic rings. The molecule has 2 atom stereocenters. The second kappa shape index (κ2) is 8.08. The van der Waals surface area contributed by atoms with Crippen LogP contribution in [0.3, 0.4) is 0 Å².